The van der Waals surface area contributed by atoms with Crippen LogP contribution in [0.25, 0.3) is 26.6 Å². The van der Waals surface area contributed by atoms with Crippen molar-refractivity contribution in [2.45, 2.75) is 6.54 Å². The van der Waals surface area contributed by atoms with Gasteiger partial charge in [0, 0.05) is 5.56 Å². The van der Waals surface area contributed by atoms with E-state index in [4.69, 9.17) is 4.74 Å². The Kier molecular flexibility index (Phi) is 3.39. The molecule has 26 heavy (non-hydrogen) atoms. The Morgan fingerprint density at radius 1 is 1.00 bits per heavy atom. The van der Waals surface area contributed by atoms with Crippen molar-refractivity contribution in [3.63, 3.8) is 0 Å². The lowest BCUT2D eigenvalue weighted by molar-refractivity contribution is 0.415. The lowest BCUT2D eigenvalue weighted by Crippen LogP contribution is -2.06. The Morgan fingerprint density at radius 3 is 2.69 bits per heavy atom. The van der Waals surface area contributed by atoms with Gasteiger partial charge in [-0.05, 0) is 36.4 Å². The molecule has 0 aliphatic rings. The third kappa shape index (κ3) is 2.40. The van der Waals surface area contributed by atoms with Crippen LogP contribution in [0.5, 0.6) is 5.75 Å². The van der Waals surface area contributed by atoms with E-state index in [1.807, 2.05) is 48.5 Å². The summed E-state index contributed by atoms with van der Waals surface area (Å²) in [5, 5.41) is 22.4. The topological polar surface area (TPSA) is 83.0 Å². The van der Waals surface area contributed by atoms with E-state index >= 15 is 0 Å². The fraction of sp³-hybridized carbons (Fsp3) is 0.118. The van der Waals surface area contributed by atoms with Crippen LogP contribution in [0.15, 0.2) is 48.5 Å². The van der Waals surface area contributed by atoms with Gasteiger partial charge in [0.15, 0.2) is 5.82 Å². The van der Waals surface area contributed by atoms with Crippen molar-refractivity contribution in [2.75, 3.05) is 7.11 Å². The summed E-state index contributed by atoms with van der Waals surface area (Å²) in [6.45, 7) is 0.452. The molecule has 0 N–H and O–H groups in total. The highest BCUT2D eigenvalue weighted by Gasteiger charge is 2.15. The highest BCUT2D eigenvalue weighted by atomic mass is 32.1. The van der Waals surface area contributed by atoms with Crippen molar-refractivity contribution < 1.29 is 4.74 Å². The maximum absolute atomic E-state index is 5.20. The molecule has 0 unspecified atom stereocenters. The number of ether oxygens (including phenoxy) is 1. The summed E-state index contributed by atoms with van der Waals surface area (Å²) < 4.78 is 8.77. The van der Waals surface area contributed by atoms with Gasteiger partial charge in [0.2, 0.25) is 4.96 Å². The van der Waals surface area contributed by atoms with Gasteiger partial charge in [-0.2, -0.15) is 9.61 Å². The fourth-order valence-corrected chi connectivity index (χ4v) is 3.64. The molecule has 9 heteroatoms. The maximum Gasteiger partial charge on any atom is 0.235 e. The smallest absolute Gasteiger partial charge is 0.235 e. The van der Waals surface area contributed by atoms with E-state index in [1.54, 1.807) is 16.3 Å². The van der Waals surface area contributed by atoms with Crippen molar-refractivity contribution in [3.05, 3.63) is 54.4 Å². The molecule has 0 aliphatic carbocycles. The first-order chi connectivity index (χ1) is 12.8. The molecular formula is C17H13N7OS. The van der Waals surface area contributed by atoms with Gasteiger partial charge in [-0.15, -0.1) is 15.3 Å². The van der Waals surface area contributed by atoms with Gasteiger partial charge in [0.05, 0.1) is 12.6 Å². The van der Waals surface area contributed by atoms with Crippen LogP contribution in [0.2, 0.25) is 0 Å². The summed E-state index contributed by atoms with van der Waals surface area (Å²) in [4.78, 5) is 0.746. The lowest BCUT2D eigenvalue weighted by Gasteiger charge is -2.00. The summed E-state index contributed by atoms with van der Waals surface area (Å²) in [7, 11) is 1.65. The molecule has 5 rings (SSSR count). The average Bonchev–Trinajstić information content (AvgIpc) is 3.38. The summed E-state index contributed by atoms with van der Waals surface area (Å²) >= 11 is 1.49. The second-order valence-electron chi connectivity index (χ2n) is 5.68. The van der Waals surface area contributed by atoms with Crippen LogP contribution >= 0.6 is 11.3 Å². The predicted octanol–water partition coefficient (Wildman–Crippen LogP) is 2.65. The van der Waals surface area contributed by atoms with Crippen LogP contribution in [0.1, 0.15) is 5.82 Å². The van der Waals surface area contributed by atoms with Crippen LogP contribution in [0.3, 0.4) is 0 Å². The van der Waals surface area contributed by atoms with E-state index in [2.05, 4.69) is 25.6 Å². The maximum atomic E-state index is 5.20. The standard InChI is InChI=1S/C17H13N7OS/c1-25-12-8-6-11(7-9-12)16-21-24-15(19-20-17(24)26-16)10-23-14-5-3-2-4-13(14)18-22-23/h2-9H,10H2,1H3. The first-order valence-corrected chi connectivity index (χ1v) is 8.77. The molecule has 0 radical (unpaired) electrons. The Bertz CT molecular complexity index is 1210. The minimum absolute atomic E-state index is 0.452. The molecule has 0 amide bonds. The number of hydrogen-bond acceptors (Lipinski definition) is 7. The fourth-order valence-electron chi connectivity index (χ4n) is 2.77. The third-order valence-corrected chi connectivity index (χ3v) is 5.05. The number of aromatic nitrogens is 7. The molecule has 0 spiro atoms. The SMILES string of the molecule is COc1ccc(-c2nn3c(Cn4nnc5ccccc54)nnc3s2)cc1. The van der Waals surface area contributed by atoms with Gasteiger partial charge in [0.25, 0.3) is 0 Å². The van der Waals surface area contributed by atoms with Crippen LogP contribution in [0, 0.1) is 0 Å². The number of para-hydroxylation sites is 1. The average molecular weight is 363 g/mol. The van der Waals surface area contributed by atoms with Crippen molar-refractivity contribution in [1.29, 1.82) is 0 Å². The molecule has 0 fully saturated rings. The van der Waals surface area contributed by atoms with Gasteiger partial charge in [0.1, 0.15) is 22.8 Å². The normalized spacial score (nSPS) is 11.4. The zero-order valence-electron chi connectivity index (χ0n) is 13.8. The zero-order chi connectivity index (χ0) is 17.5. The summed E-state index contributed by atoms with van der Waals surface area (Å²) in [5.41, 5.74) is 2.82. The monoisotopic (exact) mass is 363 g/mol. The van der Waals surface area contributed by atoms with Gasteiger partial charge < -0.3 is 4.74 Å². The van der Waals surface area contributed by atoms with Gasteiger partial charge >= 0.3 is 0 Å². The number of rotatable bonds is 4. The second kappa shape index (κ2) is 5.88. The lowest BCUT2D eigenvalue weighted by atomic mass is 10.2. The van der Waals surface area contributed by atoms with E-state index < -0.39 is 0 Å². The third-order valence-electron chi connectivity index (χ3n) is 4.10. The highest BCUT2D eigenvalue weighted by Crippen LogP contribution is 2.27. The van der Waals surface area contributed by atoms with Crippen LogP contribution in [-0.2, 0) is 6.54 Å². The number of nitrogens with zero attached hydrogens (tertiary/aromatic N) is 7. The van der Waals surface area contributed by atoms with Crippen LogP contribution in [0.4, 0.5) is 0 Å². The number of hydrogen-bond donors (Lipinski definition) is 0. The molecule has 3 heterocycles. The van der Waals surface area contributed by atoms with E-state index in [0.717, 1.165) is 32.3 Å². The minimum Gasteiger partial charge on any atom is -0.497 e. The van der Waals surface area contributed by atoms with Crippen molar-refractivity contribution in [2.24, 2.45) is 0 Å². The number of methoxy groups -OCH3 is 1. The quantitative estimate of drug-likeness (QED) is 0.488. The van der Waals surface area contributed by atoms with Gasteiger partial charge in [-0.25, -0.2) is 4.68 Å². The first-order valence-electron chi connectivity index (χ1n) is 7.95. The predicted molar refractivity (Wildman–Crippen MR) is 97.3 cm³/mol. The van der Waals surface area contributed by atoms with Crippen molar-refractivity contribution in [1.82, 2.24) is 34.8 Å². The summed E-state index contributed by atoms with van der Waals surface area (Å²) in [6.07, 6.45) is 0. The Morgan fingerprint density at radius 2 is 1.85 bits per heavy atom. The molecule has 3 aromatic heterocycles. The van der Waals surface area contributed by atoms with Crippen molar-refractivity contribution >= 4 is 27.3 Å². The van der Waals surface area contributed by atoms with E-state index in [0.29, 0.717) is 12.4 Å². The second-order valence-corrected chi connectivity index (χ2v) is 6.64. The molecule has 0 aliphatic heterocycles. The van der Waals surface area contributed by atoms with Gasteiger partial charge in [-0.3, -0.25) is 0 Å². The van der Waals surface area contributed by atoms with Gasteiger partial charge in [-0.1, -0.05) is 28.7 Å². The molecule has 5 aromatic rings. The summed E-state index contributed by atoms with van der Waals surface area (Å²) in [5.74, 6) is 1.53. The molecule has 0 bridgehead atoms. The number of fused-ring (bicyclic) bond motifs is 2. The largest absolute Gasteiger partial charge is 0.497 e. The van der Waals surface area contributed by atoms with E-state index in [-0.39, 0.29) is 0 Å². The van der Waals surface area contributed by atoms with Crippen molar-refractivity contribution in [3.8, 4) is 16.3 Å². The Labute approximate surface area is 151 Å². The highest BCUT2D eigenvalue weighted by molar-refractivity contribution is 7.19. The Hall–Kier alpha value is -3.33. The molecule has 0 saturated carbocycles. The first kappa shape index (κ1) is 15.0. The molecule has 0 saturated heterocycles. The molecule has 0 atom stereocenters. The number of benzene rings is 2. The Balaban J connectivity index is 1.52. The van der Waals surface area contributed by atoms with Crippen LogP contribution in [-0.4, -0.2) is 41.9 Å². The van der Waals surface area contributed by atoms with E-state index in [9.17, 15) is 0 Å². The zero-order valence-corrected chi connectivity index (χ0v) is 14.6. The van der Waals surface area contributed by atoms with E-state index in [1.165, 1.54) is 11.3 Å². The molecule has 8 nitrogen and oxygen atoms in total. The molecular weight excluding hydrogens is 350 g/mol. The summed E-state index contributed by atoms with van der Waals surface area (Å²) in [6, 6.07) is 15.6. The minimum atomic E-state index is 0.452. The molecule has 128 valence electrons. The van der Waals surface area contributed by atoms with Crippen LogP contribution < -0.4 is 4.74 Å². The molecule has 2 aromatic carbocycles.